The van der Waals surface area contributed by atoms with Gasteiger partial charge in [-0.15, -0.1) is 11.3 Å². The average Bonchev–Trinajstić information content (AvgIpc) is 2.60. The van der Waals surface area contributed by atoms with Crippen molar-refractivity contribution in [2.75, 3.05) is 19.0 Å². The lowest BCUT2D eigenvalue weighted by Crippen LogP contribution is -1.98. The Morgan fingerprint density at radius 3 is 3.25 bits per heavy atom. The number of ether oxygens (including phenoxy) is 1. The van der Waals surface area contributed by atoms with Crippen LogP contribution in [0.5, 0.6) is 0 Å². The Kier molecular flexibility index (Phi) is 1.77. The van der Waals surface area contributed by atoms with Crippen molar-refractivity contribution in [2.24, 2.45) is 0 Å². The van der Waals surface area contributed by atoms with Gasteiger partial charge in [-0.1, -0.05) is 0 Å². The molecule has 1 aromatic rings. The standard InChI is InChI=1S/C8H9NO2S/c1-11-8(10)7-4-5-6(12-7)2-3-9-5/h4,9H,2-3H2,1H3. The lowest BCUT2D eigenvalue weighted by atomic mass is 10.3. The number of fused-ring (bicyclic) bond motifs is 1. The van der Waals surface area contributed by atoms with Gasteiger partial charge in [-0.25, -0.2) is 4.79 Å². The summed E-state index contributed by atoms with van der Waals surface area (Å²) in [6.07, 6.45) is 1.02. The van der Waals surface area contributed by atoms with E-state index in [1.165, 1.54) is 23.3 Å². The number of methoxy groups -OCH3 is 1. The van der Waals surface area contributed by atoms with Crippen molar-refractivity contribution in [2.45, 2.75) is 6.42 Å². The van der Waals surface area contributed by atoms with Crippen LogP contribution in [0.4, 0.5) is 5.69 Å². The second-order valence-electron chi connectivity index (χ2n) is 2.62. The maximum Gasteiger partial charge on any atom is 0.348 e. The normalized spacial score (nSPS) is 13.8. The largest absolute Gasteiger partial charge is 0.465 e. The molecule has 1 aromatic heterocycles. The molecule has 0 saturated heterocycles. The fourth-order valence-electron chi connectivity index (χ4n) is 1.28. The molecule has 2 heterocycles. The predicted octanol–water partition coefficient (Wildman–Crippen LogP) is 1.50. The zero-order valence-corrected chi connectivity index (χ0v) is 7.53. The van der Waals surface area contributed by atoms with Gasteiger partial charge >= 0.3 is 5.97 Å². The van der Waals surface area contributed by atoms with E-state index in [1.807, 2.05) is 6.07 Å². The van der Waals surface area contributed by atoms with Crippen LogP contribution in [-0.2, 0) is 11.2 Å². The minimum absolute atomic E-state index is 0.240. The number of anilines is 1. The summed E-state index contributed by atoms with van der Waals surface area (Å²) in [7, 11) is 1.40. The molecule has 0 unspecified atom stereocenters. The van der Waals surface area contributed by atoms with Crippen LogP contribution in [0, 0.1) is 0 Å². The number of hydrogen-bond acceptors (Lipinski definition) is 4. The van der Waals surface area contributed by atoms with E-state index < -0.39 is 0 Å². The summed E-state index contributed by atoms with van der Waals surface area (Å²) >= 11 is 1.52. The van der Waals surface area contributed by atoms with E-state index in [0.29, 0.717) is 4.88 Å². The summed E-state index contributed by atoms with van der Waals surface area (Å²) in [5.41, 5.74) is 1.10. The third kappa shape index (κ3) is 1.08. The third-order valence-electron chi connectivity index (χ3n) is 1.86. The molecular formula is C8H9NO2S. The van der Waals surface area contributed by atoms with E-state index in [0.717, 1.165) is 18.7 Å². The van der Waals surface area contributed by atoms with Gasteiger partial charge in [0.1, 0.15) is 4.88 Å². The molecule has 0 aromatic carbocycles. The Hall–Kier alpha value is -1.03. The maximum absolute atomic E-state index is 11.1. The van der Waals surface area contributed by atoms with Gasteiger partial charge in [0.25, 0.3) is 0 Å². The van der Waals surface area contributed by atoms with Crippen LogP contribution >= 0.6 is 11.3 Å². The van der Waals surface area contributed by atoms with Crippen molar-refractivity contribution >= 4 is 23.0 Å². The number of hydrogen-bond donors (Lipinski definition) is 1. The number of nitrogens with one attached hydrogen (secondary N) is 1. The highest BCUT2D eigenvalue weighted by molar-refractivity contribution is 7.14. The van der Waals surface area contributed by atoms with Crippen LogP contribution in [0.3, 0.4) is 0 Å². The molecule has 3 nitrogen and oxygen atoms in total. The van der Waals surface area contributed by atoms with Crippen LogP contribution in [0.2, 0.25) is 0 Å². The average molecular weight is 183 g/mol. The van der Waals surface area contributed by atoms with Crippen molar-refractivity contribution in [1.82, 2.24) is 0 Å². The quantitative estimate of drug-likeness (QED) is 0.670. The third-order valence-corrected chi connectivity index (χ3v) is 3.04. The second-order valence-corrected chi connectivity index (χ2v) is 3.75. The summed E-state index contributed by atoms with van der Waals surface area (Å²) in [5.74, 6) is -0.240. The van der Waals surface area contributed by atoms with Crippen LogP contribution in [0.1, 0.15) is 14.5 Å². The first-order chi connectivity index (χ1) is 5.81. The number of carbonyl (C=O) groups is 1. The highest BCUT2D eigenvalue weighted by Crippen LogP contribution is 2.31. The van der Waals surface area contributed by atoms with Gasteiger partial charge in [0, 0.05) is 23.5 Å². The molecule has 0 aliphatic carbocycles. The lowest BCUT2D eigenvalue weighted by molar-refractivity contribution is 0.0606. The Morgan fingerprint density at radius 1 is 1.75 bits per heavy atom. The van der Waals surface area contributed by atoms with Crippen LogP contribution in [0.15, 0.2) is 6.07 Å². The Bertz CT molecular complexity index is 297. The zero-order valence-electron chi connectivity index (χ0n) is 6.72. The van der Waals surface area contributed by atoms with E-state index in [-0.39, 0.29) is 5.97 Å². The molecule has 1 aliphatic heterocycles. The van der Waals surface area contributed by atoms with Crippen LogP contribution in [-0.4, -0.2) is 19.6 Å². The van der Waals surface area contributed by atoms with Gasteiger partial charge in [0.2, 0.25) is 0 Å². The van der Waals surface area contributed by atoms with Gasteiger partial charge in [-0.2, -0.15) is 0 Å². The van der Waals surface area contributed by atoms with Crippen LogP contribution < -0.4 is 5.32 Å². The second kappa shape index (κ2) is 2.79. The molecular weight excluding hydrogens is 174 g/mol. The number of rotatable bonds is 1. The molecule has 1 N–H and O–H groups in total. The molecule has 0 bridgehead atoms. The molecule has 1 aliphatic rings. The highest BCUT2D eigenvalue weighted by Gasteiger charge is 2.17. The van der Waals surface area contributed by atoms with Crippen molar-refractivity contribution in [3.63, 3.8) is 0 Å². The fraction of sp³-hybridized carbons (Fsp3) is 0.375. The first-order valence-corrected chi connectivity index (χ1v) is 4.58. The summed E-state index contributed by atoms with van der Waals surface area (Å²) in [6, 6.07) is 1.86. The molecule has 0 spiro atoms. The van der Waals surface area contributed by atoms with Gasteiger partial charge in [0.15, 0.2) is 0 Å². The summed E-state index contributed by atoms with van der Waals surface area (Å²) in [5, 5.41) is 3.20. The monoisotopic (exact) mass is 183 g/mol. The van der Waals surface area contributed by atoms with Gasteiger partial charge in [-0.3, -0.25) is 0 Å². The fourth-order valence-corrected chi connectivity index (χ4v) is 2.33. The molecule has 0 atom stereocenters. The minimum atomic E-state index is -0.240. The Balaban J connectivity index is 2.31. The van der Waals surface area contributed by atoms with E-state index in [2.05, 4.69) is 10.1 Å². The van der Waals surface area contributed by atoms with Crippen molar-refractivity contribution < 1.29 is 9.53 Å². The van der Waals surface area contributed by atoms with Crippen molar-refractivity contribution in [3.05, 3.63) is 15.8 Å². The maximum atomic E-state index is 11.1. The molecule has 64 valence electrons. The summed E-state index contributed by atoms with van der Waals surface area (Å²) in [4.78, 5) is 13.0. The molecule has 0 amide bonds. The smallest absolute Gasteiger partial charge is 0.348 e. The molecule has 0 saturated carbocycles. The van der Waals surface area contributed by atoms with Gasteiger partial charge in [0.05, 0.1) is 7.11 Å². The van der Waals surface area contributed by atoms with Gasteiger partial charge < -0.3 is 10.1 Å². The first kappa shape index (κ1) is 7.61. The van der Waals surface area contributed by atoms with Crippen molar-refractivity contribution in [1.29, 1.82) is 0 Å². The number of carbonyl (C=O) groups excluding carboxylic acids is 1. The van der Waals surface area contributed by atoms with E-state index in [1.54, 1.807) is 0 Å². The SMILES string of the molecule is COC(=O)c1cc2c(s1)CCN2. The predicted molar refractivity (Wildman–Crippen MR) is 47.9 cm³/mol. The summed E-state index contributed by atoms with van der Waals surface area (Å²) < 4.78 is 4.62. The topological polar surface area (TPSA) is 38.3 Å². The minimum Gasteiger partial charge on any atom is -0.465 e. The molecule has 0 fully saturated rings. The summed E-state index contributed by atoms with van der Waals surface area (Å²) in [6.45, 7) is 0.989. The molecule has 0 radical (unpaired) electrons. The molecule has 12 heavy (non-hydrogen) atoms. The lowest BCUT2D eigenvalue weighted by Gasteiger charge is -1.93. The van der Waals surface area contributed by atoms with E-state index >= 15 is 0 Å². The number of thiophene rings is 1. The first-order valence-electron chi connectivity index (χ1n) is 3.76. The van der Waals surface area contributed by atoms with Crippen LogP contribution in [0.25, 0.3) is 0 Å². The number of esters is 1. The zero-order chi connectivity index (χ0) is 8.55. The Morgan fingerprint density at radius 2 is 2.58 bits per heavy atom. The highest BCUT2D eigenvalue weighted by atomic mass is 32.1. The van der Waals surface area contributed by atoms with E-state index in [9.17, 15) is 4.79 Å². The van der Waals surface area contributed by atoms with E-state index in [4.69, 9.17) is 0 Å². The Labute approximate surface area is 74.4 Å². The molecule has 2 rings (SSSR count). The van der Waals surface area contributed by atoms with Crippen molar-refractivity contribution in [3.8, 4) is 0 Å². The van der Waals surface area contributed by atoms with Gasteiger partial charge in [-0.05, 0) is 6.07 Å². The molecule has 4 heteroatoms.